The van der Waals surface area contributed by atoms with Crippen molar-refractivity contribution in [3.05, 3.63) is 29.8 Å². The van der Waals surface area contributed by atoms with Gasteiger partial charge in [0.25, 0.3) is 0 Å². The van der Waals surface area contributed by atoms with Crippen molar-refractivity contribution < 1.29 is 4.79 Å². The van der Waals surface area contributed by atoms with Crippen molar-refractivity contribution in [2.75, 3.05) is 5.32 Å². The van der Waals surface area contributed by atoms with E-state index in [1.54, 1.807) is 0 Å². The predicted molar refractivity (Wildman–Crippen MR) is 65.2 cm³/mol. The van der Waals surface area contributed by atoms with Crippen LogP contribution in [0.2, 0.25) is 0 Å². The zero-order chi connectivity index (χ0) is 11.7. The fraction of sp³-hybridized carbons (Fsp3) is 0.462. The minimum absolute atomic E-state index is 0.0183. The van der Waals surface area contributed by atoms with Crippen LogP contribution in [0.3, 0.4) is 0 Å². The van der Waals surface area contributed by atoms with Crippen LogP contribution in [-0.2, 0) is 4.79 Å². The van der Waals surface area contributed by atoms with Crippen LogP contribution in [0, 0.1) is 5.92 Å². The Labute approximate surface area is 96.0 Å². The van der Waals surface area contributed by atoms with E-state index in [9.17, 15) is 4.79 Å². The van der Waals surface area contributed by atoms with Crippen molar-refractivity contribution >= 4 is 11.6 Å². The van der Waals surface area contributed by atoms with E-state index in [0.29, 0.717) is 5.92 Å². The van der Waals surface area contributed by atoms with E-state index in [0.717, 1.165) is 12.1 Å². The maximum Gasteiger partial charge on any atom is 0.229 e. The highest BCUT2D eigenvalue weighted by Gasteiger charge is 2.39. The first-order valence-corrected chi connectivity index (χ1v) is 5.74. The molecule has 1 amide bonds. The van der Waals surface area contributed by atoms with E-state index in [1.165, 1.54) is 5.56 Å². The predicted octanol–water partition coefficient (Wildman–Crippen LogP) is 2.10. The van der Waals surface area contributed by atoms with E-state index >= 15 is 0 Å². The third kappa shape index (κ3) is 2.42. The summed E-state index contributed by atoms with van der Waals surface area (Å²) in [5.74, 6) is 0.580. The maximum absolute atomic E-state index is 11.6. The van der Waals surface area contributed by atoms with Gasteiger partial charge < -0.3 is 11.1 Å². The zero-order valence-corrected chi connectivity index (χ0v) is 9.73. The molecule has 0 bridgehead atoms. The van der Waals surface area contributed by atoms with Gasteiger partial charge in [0.1, 0.15) is 0 Å². The minimum atomic E-state index is 0.0183. The second-order valence-electron chi connectivity index (χ2n) is 4.77. The number of amides is 1. The number of anilines is 1. The van der Waals surface area contributed by atoms with Crippen molar-refractivity contribution in [1.29, 1.82) is 0 Å². The molecule has 86 valence electrons. The lowest BCUT2D eigenvalue weighted by atomic mass is 10.0. The molecule has 1 saturated carbocycles. The van der Waals surface area contributed by atoms with Gasteiger partial charge in [-0.1, -0.05) is 26.0 Å². The van der Waals surface area contributed by atoms with E-state index < -0.39 is 0 Å². The second-order valence-corrected chi connectivity index (χ2v) is 4.77. The molecule has 2 atom stereocenters. The molecular weight excluding hydrogens is 200 g/mol. The van der Waals surface area contributed by atoms with Gasteiger partial charge in [-0.05, 0) is 30.0 Å². The monoisotopic (exact) mass is 218 g/mol. The number of hydrogen-bond acceptors (Lipinski definition) is 2. The SMILES string of the molecule is CC(C)c1ccc(NC(=O)C2CC2N)cc1. The molecule has 0 aliphatic heterocycles. The van der Waals surface area contributed by atoms with E-state index in [1.807, 2.05) is 24.3 Å². The van der Waals surface area contributed by atoms with E-state index in [2.05, 4.69) is 19.2 Å². The van der Waals surface area contributed by atoms with Crippen molar-refractivity contribution in [3.63, 3.8) is 0 Å². The largest absolute Gasteiger partial charge is 0.327 e. The number of nitrogens with two attached hydrogens (primary N) is 1. The Balaban J connectivity index is 1.97. The summed E-state index contributed by atoms with van der Waals surface area (Å²) in [5, 5.41) is 2.88. The summed E-state index contributed by atoms with van der Waals surface area (Å²) in [6.07, 6.45) is 0.815. The molecule has 2 rings (SSSR count). The molecule has 3 heteroatoms. The molecular formula is C13H18N2O. The highest BCUT2D eigenvalue weighted by atomic mass is 16.2. The van der Waals surface area contributed by atoms with Crippen LogP contribution >= 0.6 is 0 Å². The van der Waals surface area contributed by atoms with Gasteiger partial charge in [0, 0.05) is 11.7 Å². The Morgan fingerprint density at radius 1 is 1.38 bits per heavy atom. The Kier molecular flexibility index (Phi) is 2.97. The molecule has 0 aromatic heterocycles. The number of rotatable bonds is 3. The number of hydrogen-bond donors (Lipinski definition) is 2. The number of benzene rings is 1. The van der Waals surface area contributed by atoms with Crippen LogP contribution in [0.25, 0.3) is 0 Å². The van der Waals surface area contributed by atoms with Gasteiger partial charge in [-0.25, -0.2) is 0 Å². The molecule has 1 aromatic carbocycles. The molecule has 0 spiro atoms. The summed E-state index contributed by atoms with van der Waals surface area (Å²) < 4.78 is 0. The van der Waals surface area contributed by atoms with Crippen LogP contribution in [0.1, 0.15) is 31.7 Å². The Morgan fingerprint density at radius 3 is 2.38 bits per heavy atom. The van der Waals surface area contributed by atoms with Gasteiger partial charge in [-0.2, -0.15) is 0 Å². The van der Waals surface area contributed by atoms with Crippen LogP contribution in [-0.4, -0.2) is 11.9 Å². The van der Waals surface area contributed by atoms with Crippen LogP contribution < -0.4 is 11.1 Å². The van der Waals surface area contributed by atoms with E-state index in [-0.39, 0.29) is 17.9 Å². The fourth-order valence-electron chi connectivity index (χ4n) is 1.70. The maximum atomic E-state index is 11.6. The number of carbonyl (C=O) groups is 1. The molecule has 1 aliphatic carbocycles. The lowest BCUT2D eigenvalue weighted by Gasteiger charge is -2.08. The standard InChI is InChI=1S/C13H18N2O/c1-8(2)9-3-5-10(6-4-9)15-13(16)11-7-12(11)14/h3-6,8,11-12H,7,14H2,1-2H3,(H,15,16). The highest BCUT2D eigenvalue weighted by Crippen LogP contribution is 2.29. The highest BCUT2D eigenvalue weighted by molar-refractivity contribution is 5.94. The van der Waals surface area contributed by atoms with Crippen LogP contribution in [0.15, 0.2) is 24.3 Å². The number of carbonyl (C=O) groups excluding carboxylic acids is 1. The molecule has 0 heterocycles. The molecule has 3 N–H and O–H groups in total. The summed E-state index contributed by atoms with van der Waals surface area (Å²) in [4.78, 5) is 11.6. The molecule has 1 aromatic rings. The fourth-order valence-corrected chi connectivity index (χ4v) is 1.70. The third-order valence-corrected chi connectivity index (χ3v) is 3.02. The van der Waals surface area contributed by atoms with Gasteiger partial charge >= 0.3 is 0 Å². The summed E-state index contributed by atoms with van der Waals surface area (Å²) in [7, 11) is 0. The molecule has 1 fully saturated rings. The third-order valence-electron chi connectivity index (χ3n) is 3.02. The summed E-state index contributed by atoms with van der Waals surface area (Å²) in [5.41, 5.74) is 7.76. The summed E-state index contributed by atoms with van der Waals surface area (Å²) in [6.45, 7) is 4.30. The molecule has 16 heavy (non-hydrogen) atoms. The van der Waals surface area contributed by atoms with Crippen molar-refractivity contribution in [3.8, 4) is 0 Å². The molecule has 2 unspecified atom stereocenters. The van der Waals surface area contributed by atoms with E-state index in [4.69, 9.17) is 5.73 Å². The zero-order valence-electron chi connectivity index (χ0n) is 9.73. The van der Waals surface area contributed by atoms with Crippen molar-refractivity contribution in [2.24, 2.45) is 11.7 Å². The summed E-state index contributed by atoms with van der Waals surface area (Å²) in [6, 6.07) is 8.05. The Hall–Kier alpha value is -1.35. The molecule has 3 nitrogen and oxygen atoms in total. The minimum Gasteiger partial charge on any atom is -0.327 e. The molecule has 1 aliphatic rings. The lowest BCUT2D eigenvalue weighted by Crippen LogP contribution is -2.18. The summed E-state index contributed by atoms with van der Waals surface area (Å²) >= 11 is 0. The topological polar surface area (TPSA) is 55.1 Å². The Morgan fingerprint density at radius 2 is 1.94 bits per heavy atom. The van der Waals surface area contributed by atoms with Crippen molar-refractivity contribution in [1.82, 2.24) is 0 Å². The van der Waals surface area contributed by atoms with Crippen LogP contribution in [0.4, 0.5) is 5.69 Å². The first-order chi connectivity index (χ1) is 7.58. The lowest BCUT2D eigenvalue weighted by molar-refractivity contribution is -0.117. The van der Waals surface area contributed by atoms with Gasteiger partial charge in [0.05, 0.1) is 5.92 Å². The first-order valence-electron chi connectivity index (χ1n) is 5.74. The van der Waals surface area contributed by atoms with Gasteiger partial charge in [0.2, 0.25) is 5.91 Å². The Bertz CT molecular complexity index is 383. The average molecular weight is 218 g/mol. The van der Waals surface area contributed by atoms with Gasteiger partial charge in [0.15, 0.2) is 0 Å². The average Bonchev–Trinajstić information content (AvgIpc) is 2.96. The number of nitrogens with one attached hydrogen (secondary N) is 1. The normalized spacial score (nSPS) is 23.2. The quantitative estimate of drug-likeness (QED) is 0.816. The second kappa shape index (κ2) is 4.26. The first kappa shape index (κ1) is 11.1. The molecule has 0 saturated heterocycles. The van der Waals surface area contributed by atoms with Gasteiger partial charge in [-0.3, -0.25) is 4.79 Å². The van der Waals surface area contributed by atoms with Crippen molar-refractivity contribution in [2.45, 2.75) is 32.2 Å². The van der Waals surface area contributed by atoms with Gasteiger partial charge in [-0.15, -0.1) is 0 Å². The van der Waals surface area contributed by atoms with Crippen LogP contribution in [0.5, 0.6) is 0 Å². The molecule has 0 radical (unpaired) electrons. The smallest absolute Gasteiger partial charge is 0.229 e.